The van der Waals surface area contributed by atoms with Crippen molar-refractivity contribution in [1.82, 2.24) is 15.5 Å². The molecule has 1 aliphatic heterocycles. The van der Waals surface area contributed by atoms with E-state index >= 15 is 0 Å². The van der Waals surface area contributed by atoms with Gasteiger partial charge in [0.2, 0.25) is 11.8 Å². The molecule has 1 unspecified atom stereocenters. The van der Waals surface area contributed by atoms with Crippen LogP contribution in [-0.4, -0.2) is 47.9 Å². The van der Waals surface area contributed by atoms with Crippen molar-refractivity contribution in [3.05, 3.63) is 0 Å². The van der Waals surface area contributed by atoms with E-state index in [0.717, 1.165) is 25.9 Å². The lowest BCUT2D eigenvalue weighted by molar-refractivity contribution is -0.134. The molecule has 0 aromatic carbocycles. The molecule has 0 aromatic rings. The van der Waals surface area contributed by atoms with Gasteiger partial charge in [-0.1, -0.05) is 0 Å². The molecule has 1 saturated heterocycles. The summed E-state index contributed by atoms with van der Waals surface area (Å²) < 4.78 is 0. The molecule has 5 nitrogen and oxygen atoms in total. The minimum atomic E-state index is -0.212. The van der Waals surface area contributed by atoms with E-state index in [-0.39, 0.29) is 23.4 Å². The first-order chi connectivity index (χ1) is 9.29. The van der Waals surface area contributed by atoms with Gasteiger partial charge in [0.15, 0.2) is 0 Å². The van der Waals surface area contributed by atoms with E-state index in [1.54, 1.807) is 0 Å². The van der Waals surface area contributed by atoms with Crippen molar-refractivity contribution in [1.29, 1.82) is 0 Å². The van der Waals surface area contributed by atoms with Crippen LogP contribution in [0.1, 0.15) is 53.4 Å². The molecular formula is C15H29N3O2. The van der Waals surface area contributed by atoms with Crippen LogP contribution in [0.15, 0.2) is 0 Å². The number of nitrogens with zero attached hydrogens (tertiary/aromatic N) is 1. The maximum absolute atomic E-state index is 12.2. The van der Waals surface area contributed by atoms with Gasteiger partial charge in [-0.3, -0.25) is 9.59 Å². The minimum Gasteiger partial charge on any atom is -0.351 e. The second kappa shape index (κ2) is 7.62. The summed E-state index contributed by atoms with van der Waals surface area (Å²) in [5, 5.41) is 6.06. The summed E-state index contributed by atoms with van der Waals surface area (Å²) in [5.74, 6) is 0.170. The second-order valence-electron chi connectivity index (χ2n) is 6.61. The molecule has 0 bridgehead atoms. The predicted molar refractivity (Wildman–Crippen MR) is 80.4 cm³/mol. The van der Waals surface area contributed by atoms with Crippen LogP contribution in [-0.2, 0) is 9.59 Å². The number of nitrogens with one attached hydrogen (secondary N) is 2. The Hall–Kier alpha value is -1.10. The standard InChI is InChI=1S/C15H29N3O2/c1-12(14(20)18-10-6-5-7-11-18)16-9-8-13(19)17-15(2,3)4/h12,16H,5-11H2,1-4H3,(H,17,19). The van der Waals surface area contributed by atoms with Crippen molar-refractivity contribution >= 4 is 11.8 Å². The van der Waals surface area contributed by atoms with Gasteiger partial charge in [0.1, 0.15) is 0 Å². The van der Waals surface area contributed by atoms with Gasteiger partial charge < -0.3 is 15.5 Å². The van der Waals surface area contributed by atoms with E-state index in [0.29, 0.717) is 13.0 Å². The summed E-state index contributed by atoms with van der Waals surface area (Å²) >= 11 is 0. The zero-order chi connectivity index (χ0) is 15.2. The van der Waals surface area contributed by atoms with Gasteiger partial charge in [0.25, 0.3) is 0 Å². The monoisotopic (exact) mass is 283 g/mol. The van der Waals surface area contributed by atoms with Gasteiger partial charge in [-0.2, -0.15) is 0 Å². The molecule has 1 rings (SSSR count). The fraction of sp³-hybridized carbons (Fsp3) is 0.867. The molecule has 5 heteroatoms. The largest absolute Gasteiger partial charge is 0.351 e. The molecule has 0 aromatic heterocycles. The smallest absolute Gasteiger partial charge is 0.239 e. The molecule has 0 aliphatic carbocycles. The van der Waals surface area contributed by atoms with Crippen LogP contribution in [0, 0.1) is 0 Å². The third-order valence-electron chi connectivity index (χ3n) is 3.36. The van der Waals surface area contributed by atoms with E-state index in [2.05, 4.69) is 10.6 Å². The van der Waals surface area contributed by atoms with Crippen LogP contribution >= 0.6 is 0 Å². The van der Waals surface area contributed by atoms with Crippen LogP contribution in [0.4, 0.5) is 0 Å². The van der Waals surface area contributed by atoms with Crippen molar-refractivity contribution in [2.24, 2.45) is 0 Å². The Kier molecular flexibility index (Phi) is 6.46. The van der Waals surface area contributed by atoms with E-state index in [4.69, 9.17) is 0 Å². The highest BCUT2D eigenvalue weighted by atomic mass is 16.2. The zero-order valence-electron chi connectivity index (χ0n) is 13.3. The summed E-state index contributed by atoms with van der Waals surface area (Å²) in [6.07, 6.45) is 3.83. The normalized spacial score (nSPS) is 17.7. The highest BCUT2D eigenvalue weighted by molar-refractivity contribution is 5.81. The molecule has 1 fully saturated rings. The van der Waals surface area contributed by atoms with Gasteiger partial charge in [0, 0.05) is 31.6 Å². The van der Waals surface area contributed by atoms with Crippen molar-refractivity contribution in [3.8, 4) is 0 Å². The van der Waals surface area contributed by atoms with Gasteiger partial charge >= 0.3 is 0 Å². The van der Waals surface area contributed by atoms with Gasteiger partial charge in [0.05, 0.1) is 6.04 Å². The van der Waals surface area contributed by atoms with Gasteiger partial charge in [-0.25, -0.2) is 0 Å². The molecule has 1 atom stereocenters. The van der Waals surface area contributed by atoms with Crippen LogP contribution in [0.3, 0.4) is 0 Å². The number of likely N-dealkylation sites (tertiary alicyclic amines) is 1. The number of piperidine rings is 1. The first kappa shape index (κ1) is 17.0. The molecule has 2 amide bonds. The molecule has 2 N–H and O–H groups in total. The number of amides is 2. The van der Waals surface area contributed by atoms with Gasteiger partial charge in [-0.05, 0) is 47.0 Å². The molecule has 0 saturated carbocycles. The fourth-order valence-electron chi connectivity index (χ4n) is 2.36. The van der Waals surface area contributed by atoms with Crippen LogP contribution in [0.5, 0.6) is 0 Å². The molecule has 20 heavy (non-hydrogen) atoms. The molecule has 1 heterocycles. The maximum atomic E-state index is 12.2. The Morgan fingerprint density at radius 2 is 1.75 bits per heavy atom. The Morgan fingerprint density at radius 1 is 1.15 bits per heavy atom. The number of carbonyl (C=O) groups excluding carboxylic acids is 2. The minimum absolute atomic E-state index is 0.0163. The fourth-order valence-corrected chi connectivity index (χ4v) is 2.36. The van der Waals surface area contributed by atoms with Crippen LogP contribution in [0.2, 0.25) is 0 Å². The lowest BCUT2D eigenvalue weighted by Gasteiger charge is -2.29. The second-order valence-corrected chi connectivity index (χ2v) is 6.61. The Bertz CT molecular complexity index is 331. The maximum Gasteiger partial charge on any atom is 0.239 e. The third kappa shape index (κ3) is 6.37. The van der Waals surface area contributed by atoms with Crippen LogP contribution in [0.25, 0.3) is 0 Å². The highest BCUT2D eigenvalue weighted by Gasteiger charge is 2.21. The summed E-state index contributed by atoms with van der Waals surface area (Å²) in [7, 11) is 0. The summed E-state index contributed by atoms with van der Waals surface area (Å²) in [4.78, 5) is 25.8. The summed E-state index contributed by atoms with van der Waals surface area (Å²) in [6, 6.07) is -0.212. The Labute approximate surface area is 122 Å². The lowest BCUT2D eigenvalue weighted by atomic mass is 10.1. The number of carbonyl (C=O) groups is 2. The predicted octanol–water partition coefficient (Wildman–Crippen LogP) is 1.28. The highest BCUT2D eigenvalue weighted by Crippen LogP contribution is 2.09. The summed E-state index contributed by atoms with van der Waals surface area (Å²) in [5.41, 5.74) is -0.202. The van der Waals surface area contributed by atoms with Crippen molar-refractivity contribution < 1.29 is 9.59 Å². The van der Waals surface area contributed by atoms with E-state index < -0.39 is 0 Å². The van der Waals surface area contributed by atoms with Crippen molar-refractivity contribution in [3.63, 3.8) is 0 Å². The van der Waals surface area contributed by atoms with Crippen molar-refractivity contribution in [2.75, 3.05) is 19.6 Å². The van der Waals surface area contributed by atoms with Gasteiger partial charge in [-0.15, -0.1) is 0 Å². The quantitative estimate of drug-likeness (QED) is 0.799. The van der Waals surface area contributed by atoms with Crippen molar-refractivity contribution in [2.45, 2.75) is 65.0 Å². The molecule has 116 valence electrons. The lowest BCUT2D eigenvalue weighted by Crippen LogP contribution is -2.48. The zero-order valence-corrected chi connectivity index (χ0v) is 13.3. The number of hydrogen-bond acceptors (Lipinski definition) is 3. The molecular weight excluding hydrogens is 254 g/mol. The Morgan fingerprint density at radius 3 is 2.30 bits per heavy atom. The SMILES string of the molecule is CC(NCCC(=O)NC(C)(C)C)C(=O)N1CCCCC1. The van der Waals surface area contributed by atoms with E-state index in [1.807, 2.05) is 32.6 Å². The van der Waals surface area contributed by atoms with Crippen LogP contribution < -0.4 is 10.6 Å². The average molecular weight is 283 g/mol. The first-order valence-corrected chi connectivity index (χ1v) is 7.63. The average Bonchev–Trinajstić information content (AvgIpc) is 2.36. The Balaban J connectivity index is 2.23. The molecule has 0 spiro atoms. The first-order valence-electron chi connectivity index (χ1n) is 7.63. The summed E-state index contributed by atoms with van der Waals surface area (Å²) in [6.45, 7) is 10.0. The third-order valence-corrected chi connectivity index (χ3v) is 3.36. The molecule has 0 radical (unpaired) electrons. The topological polar surface area (TPSA) is 61.4 Å². The number of rotatable bonds is 5. The van der Waals surface area contributed by atoms with E-state index in [1.165, 1.54) is 6.42 Å². The van der Waals surface area contributed by atoms with E-state index in [9.17, 15) is 9.59 Å². The molecule has 1 aliphatic rings. The number of hydrogen-bond donors (Lipinski definition) is 2.